The van der Waals surface area contributed by atoms with Gasteiger partial charge in [-0.1, -0.05) is 41.9 Å². The maximum absolute atomic E-state index is 3.51. The SMILES string of the molecule is CCC1(CC)C(NC)CC1c1ccc(Br)cc1. The van der Waals surface area contributed by atoms with E-state index in [4.69, 9.17) is 0 Å². The minimum absolute atomic E-state index is 0.461. The Labute approximate surface area is 113 Å². The minimum atomic E-state index is 0.461. The predicted molar refractivity (Wildman–Crippen MR) is 77.4 cm³/mol. The van der Waals surface area contributed by atoms with Crippen LogP contribution in [0.1, 0.15) is 44.6 Å². The van der Waals surface area contributed by atoms with Crippen LogP contribution in [0.2, 0.25) is 0 Å². The van der Waals surface area contributed by atoms with Gasteiger partial charge in [0.25, 0.3) is 0 Å². The van der Waals surface area contributed by atoms with Crippen LogP contribution in [-0.2, 0) is 0 Å². The molecule has 0 radical (unpaired) electrons. The lowest BCUT2D eigenvalue weighted by Gasteiger charge is -2.56. The highest BCUT2D eigenvalue weighted by molar-refractivity contribution is 9.10. The molecular formula is C15H22BrN. The van der Waals surface area contributed by atoms with Crippen LogP contribution in [0.15, 0.2) is 28.7 Å². The first kappa shape index (κ1) is 13.1. The van der Waals surface area contributed by atoms with Crippen LogP contribution in [0.5, 0.6) is 0 Å². The molecule has 0 heterocycles. The fourth-order valence-electron chi connectivity index (χ4n) is 3.59. The number of hydrogen-bond acceptors (Lipinski definition) is 1. The molecule has 2 heteroatoms. The molecule has 2 atom stereocenters. The molecular weight excluding hydrogens is 274 g/mol. The molecule has 0 aliphatic heterocycles. The molecule has 0 saturated heterocycles. The van der Waals surface area contributed by atoms with Gasteiger partial charge in [0.2, 0.25) is 0 Å². The summed E-state index contributed by atoms with van der Waals surface area (Å²) in [5, 5.41) is 3.50. The van der Waals surface area contributed by atoms with Crippen molar-refractivity contribution in [3.8, 4) is 0 Å². The van der Waals surface area contributed by atoms with Gasteiger partial charge in [-0.05, 0) is 55.3 Å². The molecule has 0 amide bonds. The van der Waals surface area contributed by atoms with E-state index in [0.717, 1.165) is 5.92 Å². The molecule has 1 N–H and O–H groups in total. The Morgan fingerprint density at radius 3 is 2.29 bits per heavy atom. The molecule has 0 spiro atoms. The topological polar surface area (TPSA) is 12.0 Å². The van der Waals surface area contributed by atoms with Crippen molar-refractivity contribution < 1.29 is 0 Å². The molecule has 0 bridgehead atoms. The second kappa shape index (κ2) is 5.11. The Hall–Kier alpha value is -0.340. The molecule has 1 aromatic rings. The maximum atomic E-state index is 3.51. The maximum Gasteiger partial charge on any atom is 0.0175 e. The molecule has 1 nitrogen and oxygen atoms in total. The third kappa shape index (κ3) is 2.06. The minimum Gasteiger partial charge on any atom is -0.316 e. The Morgan fingerprint density at radius 2 is 1.82 bits per heavy atom. The van der Waals surface area contributed by atoms with Crippen LogP contribution in [0, 0.1) is 5.41 Å². The molecule has 94 valence electrons. The number of nitrogens with one attached hydrogen (secondary N) is 1. The van der Waals surface area contributed by atoms with Gasteiger partial charge >= 0.3 is 0 Å². The highest BCUT2D eigenvalue weighted by Gasteiger charge is 2.51. The van der Waals surface area contributed by atoms with Crippen molar-refractivity contribution in [2.45, 2.75) is 45.1 Å². The van der Waals surface area contributed by atoms with E-state index >= 15 is 0 Å². The van der Waals surface area contributed by atoms with E-state index in [2.05, 4.69) is 66.4 Å². The molecule has 1 fully saturated rings. The van der Waals surface area contributed by atoms with Crippen LogP contribution in [0.25, 0.3) is 0 Å². The summed E-state index contributed by atoms with van der Waals surface area (Å²) in [6.45, 7) is 4.66. The highest BCUT2D eigenvalue weighted by Crippen LogP contribution is 2.57. The van der Waals surface area contributed by atoms with Crippen LogP contribution in [0.3, 0.4) is 0 Å². The predicted octanol–water partition coefficient (Wildman–Crippen LogP) is 4.33. The first-order valence-corrected chi connectivity index (χ1v) is 7.40. The van der Waals surface area contributed by atoms with E-state index in [1.54, 1.807) is 0 Å². The zero-order chi connectivity index (χ0) is 12.5. The Morgan fingerprint density at radius 1 is 1.24 bits per heavy atom. The van der Waals surface area contributed by atoms with Crippen LogP contribution in [0.4, 0.5) is 0 Å². The summed E-state index contributed by atoms with van der Waals surface area (Å²) >= 11 is 3.51. The Kier molecular flexibility index (Phi) is 3.94. The molecule has 1 saturated carbocycles. The van der Waals surface area contributed by atoms with Crippen molar-refractivity contribution in [2.24, 2.45) is 5.41 Å². The summed E-state index contributed by atoms with van der Waals surface area (Å²) in [7, 11) is 2.10. The zero-order valence-electron chi connectivity index (χ0n) is 11.0. The highest BCUT2D eigenvalue weighted by atomic mass is 79.9. The van der Waals surface area contributed by atoms with E-state index in [0.29, 0.717) is 11.5 Å². The monoisotopic (exact) mass is 295 g/mol. The molecule has 17 heavy (non-hydrogen) atoms. The van der Waals surface area contributed by atoms with Crippen LogP contribution < -0.4 is 5.32 Å². The molecule has 1 aromatic carbocycles. The van der Waals surface area contributed by atoms with Crippen molar-refractivity contribution in [3.63, 3.8) is 0 Å². The normalized spacial score (nSPS) is 26.6. The van der Waals surface area contributed by atoms with E-state index in [-0.39, 0.29) is 0 Å². The van der Waals surface area contributed by atoms with Crippen molar-refractivity contribution in [2.75, 3.05) is 7.05 Å². The Balaban J connectivity index is 2.25. The fourth-order valence-corrected chi connectivity index (χ4v) is 3.86. The van der Waals surface area contributed by atoms with Crippen molar-refractivity contribution >= 4 is 15.9 Å². The molecule has 0 aromatic heterocycles. The standard InChI is InChI=1S/C15H22BrN/c1-4-15(5-2)13(10-14(15)17-3)11-6-8-12(16)9-7-11/h6-9,13-14,17H,4-5,10H2,1-3H3. The third-order valence-corrected chi connectivity index (χ3v) is 5.33. The first-order chi connectivity index (χ1) is 8.17. The van der Waals surface area contributed by atoms with Gasteiger partial charge in [0, 0.05) is 10.5 Å². The number of hydrogen-bond donors (Lipinski definition) is 1. The lowest BCUT2D eigenvalue weighted by atomic mass is 9.52. The Bertz CT molecular complexity index is 367. The number of halogens is 1. The molecule has 2 rings (SSSR count). The summed E-state index contributed by atoms with van der Waals surface area (Å²) < 4.78 is 1.17. The van der Waals surface area contributed by atoms with Crippen LogP contribution in [-0.4, -0.2) is 13.1 Å². The van der Waals surface area contributed by atoms with Gasteiger partial charge in [0.05, 0.1) is 0 Å². The van der Waals surface area contributed by atoms with Crippen molar-refractivity contribution in [3.05, 3.63) is 34.3 Å². The van der Waals surface area contributed by atoms with E-state index in [1.807, 2.05) is 0 Å². The summed E-state index contributed by atoms with van der Waals surface area (Å²) in [6, 6.07) is 9.57. The lowest BCUT2D eigenvalue weighted by molar-refractivity contribution is 0.0245. The van der Waals surface area contributed by atoms with Gasteiger partial charge in [-0.3, -0.25) is 0 Å². The molecule has 2 unspecified atom stereocenters. The average Bonchev–Trinajstić information content (AvgIpc) is 2.33. The summed E-state index contributed by atoms with van der Waals surface area (Å²) in [5.74, 6) is 0.725. The van der Waals surface area contributed by atoms with E-state index < -0.39 is 0 Å². The van der Waals surface area contributed by atoms with Gasteiger partial charge in [0.15, 0.2) is 0 Å². The molecule has 1 aliphatic rings. The quantitative estimate of drug-likeness (QED) is 0.872. The smallest absolute Gasteiger partial charge is 0.0175 e. The van der Waals surface area contributed by atoms with Gasteiger partial charge in [-0.25, -0.2) is 0 Å². The molecule has 1 aliphatic carbocycles. The number of benzene rings is 1. The summed E-state index contributed by atoms with van der Waals surface area (Å²) in [5.41, 5.74) is 1.96. The third-order valence-electron chi connectivity index (χ3n) is 4.80. The first-order valence-electron chi connectivity index (χ1n) is 6.60. The van der Waals surface area contributed by atoms with Gasteiger partial charge in [-0.2, -0.15) is 0 Å². The van der Waals surface area contributed by atoms with Gasteiger partial charge in [-0.15, -0.1) is 0 Å². The van der Waals surface area contributed by atoms with Crippen molar-refractivity contribution in [1.82, 2.24) is 5.32 Å². The fraction of sp³-hybridized carbons (Fsp3) is 0.600. The van der Waals surface area contributed by atoms with Crippen LogP contribution >= 0.6 is 15.9 Å². The second-order valence-electron chi connectivity index (χ2n) is 5.12. The van der Waals surface area contributed by atoms with E-state index in [1.165, 1.54) is 29.3 Å². The lowest BCUT2D eigenvalue weighted by Crippen LogP contribution is -2.57. The van der Waals surface area contributed by atoms with Gasteiger partial charge in [0.1, 0.15) is 0 Å². The largest absolute Gasteiger partial charge is 0.316 e. The summed E-state index contributed by atoms with van der Waals surface area (Å²) in [4.78, 5) is 0. The summed E-state index contributed by atoms with van der Waals surface area (Å²) in [6.07, 6.45) is 3.80. The number of rotatable bonds is 4. The van der Waals surface area contributed by atoms with E-state index in [9.17, 15) is 0 Å². The van der Waals surface area contributed by atoms with Crippen molar-refractivity contribution in [1.29, 1.82) is 0 Å². The average molecular weight is 296 g/mol. The second-order valence-corrected chi connectivity index (χ2v) is 6.04. The zero-order valence-corrected chi connectivity index (χ0v) is 12.5. The van der Waals surface area contributed by atoms with Gasteiger partial charge < -0.3 is 5.32 Å².